The highest BCUT2D eigenvalue weighted by atomic mass is 15.2. The summed E-state index contributed by atoms with van der Waals surface area (Å²) in [5, 5.41) is 3.17. The fraction of sp³-hybridized carbons (Fsp3) is 0.588. The van der Waals surface area contributed by atoms with Gasteiger partial charge in [-0.25, -0.2) is 0 Å². The molecule has 0 bridgehead atoms. The van der Waals surface area contributed by atoms with E-state index in [0.717, 1.165) is 25.2 Å². The molecule has 21 heavy (non-hydrogen) atoms. The average molecular weight is 288 g/mol. The van der Waals surface area contributed by atoms with Gasteiger partial charge in [0.15, 0.2) is 5.96 Å². The molecule has 1 aliphatic rings. The van der Waals surface area contributed by atoms with Gasteiger partial charge in [0.25, 0.3) is 0 Å². The van der Waals surface area contributed by atoms with Gasteiger partial charge in [-0.2, -0.15) is 0 Å². The molecule has 1 aliphatic heterocycles. The molecule has 4 heteroatoms. The van der Waals surface area contributed by atoms with E-state index in [1.807, 2.05) is 0 Å². The molecule has 0 spiro atoms. The molecule has 0 saturated carbocycles. The first kappa shape index (κ1) is 15.8. The number of benzene rings is 1. The second kappa shape index (κ2) is 8.03. The molecule has 1 heterocycles. The molecule has 1 aromatic rings. The number of anilines is 1. The fourth-order valence-electron chi connectivity index (χ4n) is 2.90. The SMILES string of the molecule is CCc1ccc(NC(N)=NCC2CCCCN2CC)cc1. The van der Waals surface area contributed by atoms with Gasteiger partial charge in [-0.05, 0) is 50.0 Å². The Balaban J connectivity index is 1.87. The summed E-state index contributed by atoms with van der Waals surface area (Å²) >= 11 is 0. The molecule has 4 nitrogen and oxygen atoms in total. The number of nitrogens with one attached hydrogen (secondary N) is 1. The Kier molecular flexibility index (Phi) is 6.05. The van der Waals surface area contributed by atoms with Crippen molar-refractivity contribution < 1.29 is 0 Å². The molecule has 2 rings (SSSR count). The van der Waals surface area contributed by atoms with Crippen LogP contribution in [0.3, 0.4) is 0 Å². The van der Waals surface area contributed by atoms with Crippen molar-refractivity contribution in [3.63, 3.8) is 0 Å². The van der Waals surface area contributed by atoms with Crippen molar-refractivity contribution in [1.82, 2.24) is 4.90 Å². The summed E-state index contributed by atoms with van der Waals surface area (Å²) in [5.41, 5.74) is 8.34. The van der Waals surface area contributed by atoms with E-state index in [-0.39, 0.29) is 0 Å². The average Bonchev–Trinajstić information content (AvgIpc) is 2.54. The largest absolute Gasteiger partial charge is 0.370 e. The third-order valence-electron chi connectivity index (χ3n) is 4.26. The third-order valence-corrected chi connectivity index (χ3v) is 4.26. The zero-order valence-corrected chi connectivity index (χ0v) is 13.3. The number of hydrogen-bond acceptors (Lipinski definition) is 2. The van der Waals surface area contributed by atoms with Crippen LogP contribution in [0.25, 0.3) is 0 Å². The molecule has 3 N–H and O–H groups in total. The monoisotopic (exact) mass is 288 g/mol. The zero-order chi connectivity index (χ0) is 15.1. The second-order valence-corrected chi connectivity index (χ2v) is 5.68. The second-order valence-electron chi connectivity index (χ2n) is 5.68. The normalized spacial score (nSPS) is 20.5. The van der Waals surface area contributed by atoms with Crippen LogP contribution in [-0.4, -0.2) is 36.5 Å². The minimum Gasteiger partial charge on any atom is -0.370 e. The van der Waals surface area contributed by atoms with Gasteiger partial charge in [-0.3, -0.25) is 9.89 Å². The predicted octanol–water partition coefficient (Wildman–Crippen LogP) is 2.85. The van der Waals surface area contributed by atoms with Gasteiger partial charge in [0, 0.05) is 11.7 Å². The van der Waals surface area contributed by atoms with Gasteiger partial charge in [0.2, 0.25) is 0 Å². The van der Waals surface area contributed by atoms with Crippen molar-refractivity contribution in [1.29, 1.82) is 0 Å². The summed E-state index contributed by atoms with van der Waals surface area (Å²) in [5.74, 6) is 0.515. The number of likely N-dealkylation sites (tertiary alicyclic amines) is 1. The number of piperidine rings is 1. The smallest absolute Gasteiger partial charge is 0.193 e. The summed E-state index contributed by atoms with van der Waals surface area (Å²) in [6, 6.07) is 8.90. The van der Waals surface area contributed by atoms with Crippen molar-refractivity contribution in [2.45, 2.75) is 45.6 Å². The maximum absolute atomic E-state index is 6.00. The van der Waals surface area contributed by atoms with Crippen molar-refractivity contribution in [3.8, 4) is 0 Å². The summed E-state index contributed by atoms with van der Waals surface area (Å²) < 4.78 is 0. The van der Waals surface area contributed by atoms with Crippen LogP contribution in [0.15, 0.2) is 29.3 Å². The van der Waals surface area contributed by atoms with Gasteiger partial charge >= 0.3 is 0 Å². The van der Waals surface area contributed by atoms with E-state index in [1.165, 1.54) is 31.4 Å². The van der Waals surface area contributed by atoms with Crippen LogP contribution in [0.4, 0.5) is 5.69 Å². The molecule has 0 aromatic heterocycles. The number of guanidine groups is 1. The van der Waals surface area contributed by atoms with E-state index in [1.54, 1.807) is 0 Å². The minimum atomic E-state index is 0.515. The standard InChI is InChI=1S/C17H28N4/c1-3-14-8-10-15(11-9-14)20-17(18)19-13-16-7-5-6-12-21(16)4-2/h8-11,16H,3-7,12-13H2,1-2H3,(H3,18,19,20). The van der Waals surface area contributed by atoms with E-state index < -0.39 is 0 Å². The summed E-state index contributed by atoms with van der Waals surface area (Å²) in [4.78, 5) is 7.04. The van der Waals surface area contributed by atoms with Crippen LogP contribution < -0.4 is 11.1 Å². The van der Waals surface area contributed by atoms with Crippen molar-refractivity contribution in [2.24, 2.45) is 10.7 Å². The lowest BCUT2D eigenvalue weighted by Crippen LogP contribution is -2.41. The molecular formula is C17H28N4. The van der Waals surface area contributed by atoms with Crippen LogP contribution in [-0.2, 0) is 6.42 Å². The topological polar surface area (TPSA) is 53.6 Å². The molecule has 0 radical (unpaired) electrons. The van der Waals surface area contributed by atoms with Crippen LogP contribution >= 0.6 is 0 Å². The van der Waals surface area contributed by atoms with Crippen molar-refractivity contribution in [2.75, 3.05) is 25.0 Å². The van der Waals surface area contributed by atoms with Crippen LogP contribution in [0, 0.1) is 0 Å². The van der Waals surface area contributed by atoms with Crippen LogP contribution in [0.1, 0.15) is 38.7 Å². The Labute approximate surface area is 128 Å². The lowest BCUT2D eigenvalue weighted by atomic mass is 10.0. The number of aryl methyl sites for hydroxylation is 1. The number of hydrogen-bond donors (Lipinski definition) is 2. The molecule has 1 saturated heterocycles. The molecule has 0 aliphatic carbocycles. The first-order valence-electron chi connectivity index (χ1n) is 8.12. The Morgan fingerprint density at radius 3 is 2.71 bits per heavy atom. The quantitative estimate of drug-likeness (QED) is 0.647. The van der Waals surface area contributed by atoms with E-state index in [4.69, 9.17) is 5.73 Å². The van der Waals surface area contributed by atoms with Gasteiger partial charge in [-0.1, -0.05) is 32.4 Å². The molecular weight excluding hydrogens is 260 g/mol. The molecule has 0 amide bonds. The third kappa shape index (κ3) is 4.74. The van der Waals surface area contributed by atoms with Crippen LogP contribution in [0.5, 0.6) is 0 Å². The van der Waals surface area contributed by atoms with E-state index in [0.29, 0.717) is 12.0 Å². The van der Waals surface area contributed by atoms with Gasteiger partial charge in [0.1, 0.15) is 0 Å². The van der Waals surface area contributed by atoms with Crippen molar-refractivity contribution >= 4 is 11.6 Å². The molecule has 1 aromatic carbocycles. The lowest BCUT2D eigenvalue weighted by Gasteiger charge is -2.33. The number of aliphatic imine (C=N–C) groups is 1. The molecule has 116 valence electrons. The number of rotatable bonds is 5. The van der Waals surface area contributed by atoms with Gasteiger partial charge < -0.3 is 11.1 Å². The first-order valence-corrected chi connectivity index (χ1v) is 8.12. The fourth-order valence-corrected chi connectivity index (χ4v) is 2.90. The number of likely N-dealkylation sites (N-methyl/N-ethyl adjacent to an activating group) is 1. The maximum atomic E-state index is 6.00. The predicted molar refractivity (Wildman–Crippen MR) is 90.8 cm³/mol. The minimum absolute atomic E-state index is 0.515. The number of nitrogens with two attached hydrogens (primary N) is 1. The molecule has 1 fully saturated rings. The lowest BCUT2D eigenvalue weighted by molar-refractivity contribution is 0.161. The zero-order valence-electron chi connectivity index (χ0n) is 13.3. The molecule has 1 atom stereocenters. The van der Waals surface area contributed by atoms with E-state index >= 15 is 0 Å². The van der Waals surface area contributed by atoms with Gasteiger partial charge in [-0.15, -0.1) is 0 Å². The highest BCUT2D eigenvalue weighted by Gasteiger charge is 2.20. The van der Waals surface area contributed by atoms with Crippen LogP contribution in [0.2, 0.25) is 0 Å². The summed E-state index contributed by atoms with van der Waals surface area (Å²) in [6.07, 6.45) is 4.91. The Hall–Kier alpha value is -1.55. The number of nitrogens with zero attached hydrogens (tertiary/aromatic N) is 2. The maximum Gasteiger partial charge on any atom is 0.193 e. The van der Waals surface area contributed by atoms with Gasteiger partial charge in [0.05, 0.1) is 6.54 Å². The molecule has 1 unspecified atom stereocenters. The van der Waals surface area contributed by atoms with Crippen molar-refractivity contribution in [3.05, 3.63) is 29.8 Å². The first-order chi connectivity index (χ1) is 10.2. The summed E-state index contributed by atoms with van der Waals surface area (Å²) in [7, 11) is 0. The Morgan fingerprint density at radius 2 is 2.05 bits per heavy atom. The van der Waals surface area contributed by atoms with E-state index in [2.05, 4.69) is 53.3 Å². The highest BCUT2D eigenvalue weighted by Crippen LogP contribution is 2.16. The van der Waals surface area contributed by atoms with E-state index in [9.17, 15) is 0 Å². The Morgan fingerprint density at radius 1 is 1.29 bits per heavy atom. The Bertz CT molecular complexity index is 452. The highest BCUT2D eigenvalue weighted by molar-refractivity contribution is 5.92. The summed E-state index contributed by atoms with van der Waals surface area (Å²) in [6.45, 7) is 7.47.